The number of ether oxygens (including phenoxy) is 1. The standard InChI is InChI=1S/C25H27F2NO4/c1-16(2)28-22-6-4-3-5-21(22)25(17-7-9-18(26)10-8-17)23(28)12-11-20(32-15-29)13-19(27)14-24(30)31/h3-10,15-16,19-20H,11-14H2,1-2H3,(H,30,31)/t19-,20+/m0/s1. The third kappa shape index (κ3) is 5.33. The van der Waals surface area contributed by atoms with Crippen molar-refractivity contribution in [1.29, 1.82) is 0 Å². The van der Waals surface area contributed by atoms with E-state index in [2.05, 4.69) is 18.4 Å². The maximum Gasteiger partial charge on any atom is 0.306 e. The van der Waals surface area contributed by atoms with Crippen molar-refractivity contribution in [3.8, 4) is 11.1 Å². The minimum Gasteiger partial charge on any atom is -0.481 e. The highest BCUT2D eigenvalue weighted by atomic mass is 19.1. The first kappa shape index (κ1) is 23.4. The summed E-state index contributed by atoms with van der Waals surface area (Å²) in [5.41, 5.74) is 3.82. The highest BCUT2D eigenvalue weighted by Gasteiger charge is 2.24. The van der Waals surface area contributed by atoms with Gasteiger partial charge in [0, 0.05) is 34.6 Å². The Morgan fingerprint density at radius 1 is 1.16 bits per heavy atom. The number of carboxylic acid groups (broad SMARTS) is 1. The van der Waals surface area contributed by atoms with Crippen molar-refractivity contribution < 1.29 is 28.2 Å². The summed E-state index contributed by atoms with van der Waals surface area (Å²) in [5, 5.41) is 9.83. The summed E-state index contributed by atoms with van der Waals surface area (Å²) in [6.45, 7) is 4.40. The van der Waals surface area contributed by atoms with E-state index in [1.54, 1.807) is 12.1 Å². The van der Waals surface area contributed by atoms with Crippen LogP contribution in [0.15, 0.2) is 48.5 Å². The summed E-state index contributed by atoms with van der Waals surface area (Å²) < 4.78 is 34.9. The van der Waals surface area contributed by atoms with Crippen LogP contribution >= 0.6 is 0 Å². The van der Waals surface area contributed by atoms with Gasteiger partial charge in [0.25, 0.3) is 6.47 Å². The fourth-order valence-electron chi connectivity index (χ4n) is 4.27. The third-order valence-electron chi connectivity index (χ3n) is 5.53. The number of rotatable bonds is 11. The summed E-state index contributed by atoms with van der Waals surface area (Å²) >= 11 is 0. The zero-order chi connectivity index (χ0) is 23.3. The minimum absolute atomic E-state index is 0.121. The van der Waals surface area contributed by atoms with Gasteiger partial charge in [0.2, 0.25) is 0 Å². The van der Waals surface area contributed by atoms with E-state index in [9.17, 15) is 18.4 Å². The molecule has 0 aliphatic carbocycles. The maximum atomic E-state index is 14.1. The number of aliphatic carboxylic acids is 1. The van der Waals surface area contributed by atoms with Gasteiger partial charge < -0.3 is 14.4 Å². The lowest BCUT2D eigenvalue weighted by Crippen LogP contribution is -2.21. The van der Waals surface area contributed by atoms with Gasteiger partial charge >= 0.3 is 5.97 Å². The SMILES string of the molecule is CC(C)n1c(CC[C@H](C[C@H](F)CC(=O)O)OC=O)c(-c2ccc(F)cc2)c2ccccc21. The molecule has 3 aromatic rings. The largest absolute Gasteiger partial charge is 0.481 e. The number of fused-ring (bicyclic) bond motifs is 1. The van der Waals surface area contributed by atoms with Crippen LogP contribution in [0.3, 0.4) is 0 Å². The maximum absolute atomic E-state index is 14.1. The van der Waals surface area contributed by atoms with Crippen LogP contribution < -0.4 is 0 Å². The number of carbonyl (C=O) groups excluding carboxylic acids is 1. The van der Waals surface area contributed by atoms with E-state index < -0.39 is 24.7 Å². The lowest BCUT2D eigenvalue weighted by Gasteiger charge is -2.20. The fraction of sp³-hybridized carbons (Fsp3) is 0.360. The number of carboxylic acids is 1. The van der Waals surface area contributed by atoms with Gasteiger partial charge in [-0.3, -0.25) is 9.59 Å². The van der Waals surface area contributed by atoms with Gasteiger partial charge in [-0.2, -0.15) is 0 Å². The van der Waals surface area contributed by atoms with Crippen LogP contribution in [0.1, 0.15) is 44.8 Å². The Balaban J connectivity index is 2.01. The Morgan fingerprint density at radius 2 is 1.84 bits per heavy atom. The quantitative estimate of drug-likeness (QED) is 0.386. The average Bonchev–Trinajstić information content (AvgIpc) is 3.06. The van der Waals surface area contributed by atoms with Gasteiger partial charge in [-0.05, 0) is 50.5 Å². The first-order chi connectivity index (χ1) is 15.3. The Hall–Kier alpha value is -3.22. The van der Waals surface area contributed by atoms with Crippen molar-refractivity contribution in [2.75, 3.05) is 0 Å². The Kier molecular flexibility index (Phi) is 7.62. The van der Waals surface area contributed by atoms with Crippen molar-refractivity contribution >= 4 is 23.3 Å². The van der Waals surface area contributed by atoms with E-state index in [1.807, 2.05) is 24.3 Å². The summed E-state index contributed by atoms with van der Waals surface area (Å²) in [5.74, 6) is -1.56. The van der Waals surface area contributed by atoms with Gasteiger partial charge in [-0.1, -0.05) is 30.3 Å². The van der Waals surface area contributed by atoms with E-state index in [1.165, 1.54) is 12.1 Å². The molecule has 0 saturated heterocycles. The van der Waals surface area contributed by atoms with Crippen molar-refractivity contribution in [3.05, 3.63) is 60.0 Å². The molecule has 0 spiro atoms. The molecule has 0 aliphatic rings. The molecule has 0 aliphatic heterocycles. The van der Waals surface area contributed by atoms with Crippen LogP contribution in [-0.2, 0) is 20.7 Å². The molecule has 1 N–H and O–H groups in total. The summed E-state index contributed by atoms with van der Waals surface area (Å²) in [7, 11) is 0. The molecule has 0 amide bonds. The molecule has 2 atom stereocenters. The zero-order valence-corrected chi connectivity index (χ0v) is 18.1. The number of aromatic nitrogens is 1. The van der Waals surface area contributed by atoms with Crippen LogP contribution in [0.4, 0.5) is 8.78 Å². The van der Waals surface area contributed by atoms with E-state index in [0.717, 1.165) is 27.7 Å². The Morgan fingerprint density at radius 3 is 2.47 bits per heavy atom. The predicted molar refractivity (Wildman–Crippen MR) is 119 cm³/mol. The van der Waals surface area contributed by atoms with E-state index in [-0.39, 0.29) is 24.8 Å². The van der Waals surface area contributed by atoms with Crippen molar-refractivity contribution in [2.24, 2.45) is 0 Å². The predicted octanol–water partition coefficient (Wildman–Crippen LogP) is 5.71. The molecule has 1 heterocycles. The Bertz CT molecular complexity index is 1080. The number of nitrogens with zero attached hydrogens (tertiary/aromatic N) is 1. The minimum atomic E-state index is -1.61. The van der Waals surface area contributed by atoms with Gasteiger partial charge in [0.1, 0.15) is 18.1 Å². The van der Waals surface area contributed by atoms with Crippen molar-refractivity contribution in [3.63, 3.8) is 0 Å². The fourth-order valence-corrected chi connectivity index (χ4v) is 4.27. The molecular formula is C25H27F2NO4. The molecule has 0 unspecified atom stereocenters. The highest BCUT2D eigenvalue weighted by Crippen LogP contribution is 2.38. The second-order valence-electron chi connectivity index (χ2n) is 8.13. The lowest BCUT2D eigenvalue weighted by molar-refractivity contribution is -0.139. The van der Waals surface area contributed by atoms with Crippen molar-refractivity contribution in [2.45, 2.75) is 57.8 Å². The summed E-state index contributed by atoms with van der Waals surface area (Å²) in [6.07, 6.45) is -2.37. The number of benzene rings is 2. The van der Waals surface area contributed by atoms with Gasteiger partial charge in [-0.15, -0.1) is 0 Å². The Labute approximate surface area is 185 Å². The van der Waals surface area contributed by atoms with Crippen LogP contribution in [-0.4, -0.2) is 34.4 Å². The average molecular weight is 443 g/mol. The van der Waals surface area contributed by atoms with Gasteiger partial charge in [0.15, 0.2) is 0 Å². The topological polar surface area (TPSA) is 68.5 Å². The summed E-state index contributed by atoms with van der Waals surface area (Å²) in [4.78, 5) is 21.8. The monoisotopic (exact) mass is 443 g/mol. The first-order valence-electron chi connectivity index (χ1n) is 10.6. The normalized spacial score (nSPS) is 13.3. The van der Waals surface area contributed by atoms with Crippen LogP contribution in [0.25, 0.3) is 22.0 Å². The zero-order valence-electron chi connectivity index (χ0n) is 18.1. The number of carbonyl (C=O) groups is 2. The molecule has 170 valence electrons. The molecule has 7 heteroatoms. The van der Waals surface area contributed by atoms with Crippen LogP contribution in [0.2, 0.25) is 0 Å². The second-order valence-corrected chi connectivity index (χ2v) is 8.13. The number of para-hydroxylation sites is 1. The van der Waals surface area contributed by atoms with E-state index in [4.69, 9.17) is 9.84 Å². The highest BCUT2D eigenvalue weighted by molar-refractivity contribution is 5.98. The number of hydrogen-bond donors (Lipinski definition) is 1. The number of halogens is 2. The smallest absolute Gasteiger partial charge is 0.306 e. The number of hydrogen-bond acceptors (Lipinski definition) is 3. The van der Waals surface area contributed by atoms with Crippen molar-refractivity contribution in [1.82, 2.24) is 4.57 Å². The lowest BCUT2D eigenvalue weighted by atomic mass is 9.97. The summed E-state index contributed by atoms with van der Waals surface area (Å²) in [6, 6.07) is 14.4. The third-order valence-corrected chi connectivity index (χ3v) is 5.53. The molecule has 3 rings (SSSR count). The molecule has 1 aromatic heterocycles. The number of alkyl halides is 1. The van der Waals surface area contributed by atoms with Crippen LogP contribution in [0.5, 0.6) is 0 Å². The molecule has 0 saturated carbocycles. The first-order valence-corrected chi connectivity index (χ1v) is 10.6. The van der Waals surface area contributed by atoms with Gasteiger partial charge in [-0.25, -0.2) is 8.78 Å². The van der Waals surface area contributed by atoms with E-state index in [0.29, 0.717) is 12.8 Å². The van der Waals surface area contributed by atoms with Crippen LogP contribution in [0, 0.1) is 5.82 Å². The molecular weight excluding hydrogens is 416 g/mol. The molecule has 0 bridgehead atoms. The molecule has 0 fully saturated rings. The molecule has 5 nitrogen and oxygen atoms in total. The molecule has 32 heavy (non-hydrogen) atoms. The van der Waals surface area contributed by atoms with E-state index >= 15 is 0 Å². The molecule has 0 radical (unpaired) electrons. The second kappa shape index (κ2) is 10.4. The van der Waals surface area contributed by atoms with Gasteiger partial charge in [0.05, 0.1) is 6.42 Å². The molecule has 2 aromatic carbocycles.